The monoisotopic (exact) mass is 663 g/mol. The highest BCUT2D eigenvalue weighted by Gasteiger charge is 2.45. The average molecular weight is 663 g/mol. The van der Waals surface area contributed by atoms with E-state index in [4.69, 9.17) is 0 Å². The predicted molar refractivity (Wildman–Crippen MR) is 122 cm³/mol. The number of hydrogen-bond acceptors (Lipinski definition) is 5. The Bertz CT molecular complexity index is 1900. The summed E-state index contributed by atoms with van der Waals surface area (Å²) in [5.41, 5.74) is -17.8. The molecule has 3 aromatic rings. The lowest BCUT2D eigenvalue weighted by Gasteiger charge is -2.13. The van der Waals surface area contributed by atoms with Crippen LogP contribution in [0.5, 0.6) is 0 Å². The zero-order valence-corrected chi connectivity index (χ0v) is 21.3. The zero-order chi connectivity index (χ0) is 34.6. The molecule has 0 spiro atoms. The Morgan fingerprint density at radius 3 is 1.02 bits per heavy atom. The van der Waals surface area contributed by atoms with Crippen molar-refractivity contribution in [1.29, 1.82) is 15.8 Å². The van der Waals surface area contributed by atoms with Crippen LogP contribution < -0.4 is 0 Å². The molecule has 2 heterocycles. The van der Waals surface area contributed by atoms with Gasteiger partial charge in [-0.25, -0.2) is 17.6 Å². The highest BCUT2D eigenvalue weighted by molar-refractivity contribution is 6.12. The molecule has 1 aromatic carbocycles. The average Bonchev–Trinajstić information content (AvgIpc) is 3.68. The predicted octanol–water partition coefficient (Wildman–Crippen LogP) is 7.87. The number of nitriles is 3. The smallest absolute Gasteiger partial charge is 0.201 e. The molecule has 0 N–H and O–H groups in total. The van der Waals surface area contributed by atoms with E-state index in [0.29, 0.717) is 0 Å². The van der Waals surface area contributed by atoms with Crippen LogP contribution in [0.1, 0.15) is 27.8 Å². The van der Waals surface area contributed by atoms with Crippen LogP contribution in [-0.2, 0) is 12.4 Å². The molecule has 0 amide bonds. The summed E-state index contributed by atoms with van der Waals surface area (Å²) in [7, 11) is 0. The van der Waals surface area contributed by atoms with E-state index in [0.717, 1.165) is 18.2 Å². The first-order valence-corrected chi connectivity index (χ1v) is 11.4. The molecule has 2 aromatic heterocycles. The number of pyridine rings is 2. The van der Waals surface area contributed by atoms with Crippen molar-refractivity contribution in [3.05, 3.63) is 110 Å². The number of nitrogens with zero attached hydrogens (tertiary/aromatic N) is 5. The molecule has 1 fully saturated rings. The molecule has 19 heteroatoms. The lowest BCUT2D eigenvalue weighted by atomic mass is 9.98. The van der Waals surface area contributed by atoms with Gasteiger partial charge in [0.25, 0.3) is 23.8 Å². The molecule has 0 atom stereocenters. The minimum Gasteiger partial charge on any atom is -0.201 e. The second-order valence-electron chi connectivity index (χ2n) is 8.77. The molecule has 234 valence electrons. The highest BCUT2D eigenvalue weighted by atomic mass is 19.4. The van der Waals surface area contributed by atoms with Gasteiger partial charge >= 0.3 is 12.4 Å². The summed E-state index contributed by atoms with van der Waals surface area (Å²) < 4.78 is 195. The maximum atomic E-state index is 14.7. The second kappa shape index (κ2) is 11.3. The lowest BCUT2D eigenvalue weighted by Crippen LogP contribution is -2.11. The third-order valence-electron chi connectivity index (χ3n) is 6.14. The fraction of sp³-hybridized carbons (Fsp3) is 0.0741. The second-order valence-corrected chi connectivity index (χ2v) is 8.77. The van der Waals surface area contributed by atoms with Gasteiger partial charge in [-0.3, -0.25) is 0 Å². The van der Waals surface area contributed by atoms with Crippen LogP contribution in [0, 0.1) is 81.1 Å². The van der Waals surface area contributed by atoms with E-state index in [1.54, 1.807) is 0 Å². The van der Waals surface area contributed by atoms with E-state index < -0.39 is 121 Å². The lowest BCUT2D eigenvalue weighted by molar-refractivity contribution is -0.143. The SMILES string of the molecule is N#CC(=C1C(=C(/C#N)c2c(F)c(F)nc(F)c2F)/C1=C(/C#N)c1c(F)c(F)nc(F)c1F)c1cc(C(F)(F)F)cc(C(F)(F)F)c1. The molecule has 0 unspecified atom stereocenters. The number of benzene rings is 1. The number of halogens is 14. The minimum absolute atomic E-state index is 0.0632. The summed E-state index contributed by atoms with van der Waals surface area (Å²) in [5, 5.41) is 29.2. The maximum absolute atomic E-state index is 14.7. The van der Waals surface area contributed by atoms with Crippen LogP contribution in [-0.4, -0.2) is 9.97 Å². The standard InChI is InChI=1S/C27H3F14N5/c28-18-16(19(29)23(33)45-22(18)32)11(5-43)14-13(15(14)12(6-44)17-20(30)24(34)46-25(35)21(17)31)10(4-42)7-1-8(26(36,37)38)3-9(2-7)27(39,40)41/h1-3H/b13-10?,14-11-,15-12+. The third-order valence-corrected chi connectivity index (χ3v) is 6.14. The highest BCUT2D eigenvalue weighted by Crippen LogP contribution is 2.57. The summed E-state index contributed by atoms with van der Waals surface area (Å²) in [4.78, 5) is 4.45. The summed E-state index contributed by atoms with van der Waals surface area (Å²) in [6.45, 7) is 0. The maximum Gasteiger partial charge on any atom is 0.416 e. The normalized spacial score (nSPS) is 16.3. The summed E-state index contributed by atoms with van der Waals surface area (Å²) in [6.07, 6.45) is -11.0. The van der Waals surface area contributed by atoms with Crippen LogP contribution in [0.15, 0.2) is 34.9 Å². The first-order chi connectivity index (χ1) is 21.3. The van der Waals surface area contributed by atoms with Gasteiger partial charge in [-0.2, -0.15) is 69.7 Å². The van der Waals surface area contributed by atoms with Gasteiger partial charge in [0.15, 0.2) is 23.3 Å². The quantitative estimate of drug-likeness (QED) is 0.162. The largest absolute Gasteiger partial charge is 0.416 e. The molecule has 0 aliphatic heterocycles. The van der Waals surface area contributed by atoms with Crippen LogP contribution in [0.25, 0.3) is 16.7 Å². The number of allylic oxidation sites excluding steroid dienone is 6. The fourth-order valence-electron chi connectivity index (χ4n) is 4.19. The van der Waals surface area contributed by atoms with Crippen molar-refractivity contribution in [3.63, 3.8) is 0 Å². The van der Waals surface area contributed by atoms with E-state index >= 15 is 0 Å². The number of hydrogen-bond donors (Lipinski definition) is 0. The van der Waals surface area contributed by atoms with Gasteiger partial charge in [-0.05, 0) is 23.8 Å². The molecule has 0 bridgehead atoms. The number of aromatic nitrogens is 2. The van der Waals surface area contributed by atoms with Crippen LogP contribution in [0.4, 0.5) is 61.5 Å². The minimum atomic E-state index is -5.52. The molecular weight excluding hydrogens is 660 g/mol. The molecule has 0 radical (unpaired) electrons. The first kappa shape index (κ1) is 33.1. The number of rotatable bonds is 3. The Labute approximate surface area is 244 Å². The van der Waals surface area contributed by atoms with Crippen molar-refractivity contribution in [1.82, 2.24) is 9.97 Å². The molecule has 1 aliphatic rings. The van der Waals surface area contributed by atoms with Crippen molar-refractivity contribution in [2.45, 2.75) is 12.4 Å². The Balaban J connectivity index is 2.30. The van der Waals surface area contributed by atoms with Gasteiger partial charge < -0.3 is 0 Å². The molecular formula is C27H3F14N5. The Morgan fingerprint density at radius 1 is 0.478 bits per heavy atom. The molecule has 1 saturated carbocycles. The van der Waals surface area contributed by atoms with Gasteiger partial charge in [0.1, 0.15) is 18.2 Å². The van der Waals surface area contributed by atoms with Crippen molar-refractivity contribution >= 4 is 16.7 Å². The van der Waals surface area contributed by atoms with Crippen molar-refractivity contribution in [2.24, 2.45) is 0 Å². The summed E-state index contributed by atoms with van der Waals surface area (Å²) in [5.74, 6) is -19.3. The molecule has 1 aliphatic carbocycles. The van der Waals surface area contributed by atoms with Crippen LogP contribution >= 0.6 is 0 Å². The van der Waals surface area contributed by atoms with Crippen molar-refractivity contribution < 1.29 is 61.5 Å². The molecule has 0 saturated heterocycles. The topological polar surface area (TPSA) is 97.1 Å². The van der Waals surface area contributed by atoms with Gasteiger partial charge in [-0.1, -0.05) is 0 Å². The van der Waals surface area contributed by atoms with Crippen molar-refractivity contribution in [2.75, 3.05) is 0 Å². The Hall–Kier alpha value is -5.77. The van der Waals surface area contributed by atoms with Gasteiger partial charge in [-0.15, -0.1) is 0 Å². The summed E-state index contributed by atoms with van der Waals surface area (Å²) >= 11 is 0. The fourth-order valence-corrected chi connectivity index (χ4v) is 4.19. The van der Waals surface area contributed by atoms with Crippen molar-refractivity contribution in [3.8, 4) is 18.2 Å². The van der Waals surface area contributed by atoms with Gasteiger partial charge in [0.2, 0.25) is 0 Å². The van der Waals surface area contributed by atoms with Crippen LogP contribution in [0.3, 0.4) is 0 Å². The van der Waals surface area contributed by atoms with Gasteiger partial charge in [0, 0.05) is 16.7 Å². The Morgan fingerprint density at radius 2 is 0.761 bits per heavy atom. The molecule has 46 heavy (non-hydrogen) atoms. The van der Waals surface area contributed by atoms with E-state index in [1.165, 1.54) is 0 Å². The first-order valence-electron chi connectivity index (χ1n) is 11.4. The number of alkyl halides is 6. The van der Waals surface area contributed by atoms with E-state index in [2.05, 4.69) is 9.97 Å². The zero-order valence-electron chi connectivity index (χ0n) is 21.3. The van der Waals surface area contributed by atoms with E-state index in [-0.39, 0.29) is 18.2 Å². The third kappa shape index (κ3) is 5.49. The van der Waals surface area contributed by atoms with Crippen LogP contribution in [0.2, 0.25) is 0 Å². The molecule has 4 rings (SSSR count). The van der Waals surface area contributed by atoms with Gasteiger partial charge in [0.05, 0.1) is 39.0 Å². The molecule has 5 nitrogen and oxygen atoms in total. The van der Waals surface area contributed by atoms with E-state index in [9.17, 15) is 77.3 Å². The Kier molecular flexibility index (Phi) is 8.14. The van der Waals surface area contributed by atoms with E-state index in [1.807, 2.05) is 0 Å². The summed E-state index contributed by atoms with van der Waals surface area (Å²) in [6, 6.07) is 2.62.